The van der Waals surface area contributed by atoms with Crippen molar-refractivity contribution in [3.05, 3.63) is 31.7 Å². The van der Waals surface area contributed by atoms with Crippen LogP contribution in [0.5, 0.6) is 0 Å². The molecule has 0 saturated heterocycles. The largest absolute Gasteiger partial charge is 0.347 e. The van der Waals surface area contributed by atoms with Gasteiger partial charge in [0.2, 0.25) is 5.13 Å². The van der Waals surface area contributed by atoms with Gasteiger partial charge in [-0.15, -0.1) is 11.3 Å². The van der Waals surface area contributed by atoms with Gasteiger partial charge in [-0.3, -0.25) is 9.36 Å². The first-order chi connectivity index (χ1) is 6.20. The summed E-state index contributed by atoms with van der Waals surface area (Å²) in [5.74, 6) is 0. The monoisotopic (exact) mass is 215 g/mol. The average Bonchev–Trinajstić information content (AvgIpc) is 2.70. The number of hydrogen-bond donors (Lipinski definition) is 0. The minimum absolute atomic E-state index is 0.278. The molecule has 2 heterocycles. The van der Waals surface area contributed by atoms with E-state index >= 15 is 0 Å². The molecule has 0 bridgehead atoms. The van der Waals surface area contributed by atoms with E-state index in [0.29, 0.717) is 5.13 Å². The SMILES string of the molecule is Cn1c(=O)sn(-c2nccs2)c1=O. The van der Waals surface area contributed by atoms with Gasteiger partial charge in [0.05, 0.1) is 0 Å². The fraction of sp³-hybridized carbons (Fsp3) is 0.167. The minimum atomic E-state index is -0.343. The lowest BCUT2D eigenvalue weighted by molar-refractivity contribution is 0.803. The van der Waals surface area contributed by atoms with Gasteiger partial charge in [0.15, 0.2) is 0 Å². The quantitative estimate of drug-likeness (QED) is 0.675. The van der Waals surface area contributed by atoms with E-state index < -0.39 is 0 Å². The van der Waals surface area contributed by atoms with Gasteiger partial charge in [0, 0.05) is 30.2 Å². The molecule has 0 aliphatic rings. The molecule has 0 fully saturated rings. The van der Waals surface area contributed by atoms with E-state index in [-0.39, 0.29) is 10.6 Å². The summed E-state index contributed by atoms with van der Waals surface area (Å²) in [5.41, 5.74) is -0.343. The maximum absolute atomic E-state index is 11.4. The van der Waals surface area contributed by atoms with Crippen molar-refractivity contribution < 1.29 is 0 Å². The van der Waals surface area contributed by atoms with Gasteiger partial charge >= 0.3 is 10.6 Å². The molecular weight excluding hydrogens is 210 g/mol. The Morgan fingerprint density at radius 1 is 1.46 bits per heavy atom. The summed E-state index contributed by atoms with van der Waals surface area (Å²) in [6.07, 6.45) is 1.59. The van der Waals surface area contributed by atoms with Crippen molar-refractivity contribution in [2.75, 3.05) is 0 Å². The second kappa shape index (κ2) is 2.93. The van der Waals surface area contributed by atoms with Crippen LogP contribution in [-0.4, -0.2) is 13.5 Å². The number of thiazole rings is 1. The Balaban J connectivity index is 2.74. The van der Waals surface area contributed by atoms with E-state index in [1.165, 1.54) is 22.3 Å². The maximum Gasteiger partial charge on any atom is 0.347 e. The minimum Gasteiger partial charge on any atom is -0.255 e. The number of hydrogen-bond acceptors (Lipinski definition) is 5. The molecule has 68 valence electrons. The van der Waals surface area contributed by atoms with Gasteiger partial charge in [0.1, 0.15) is 0 Å². The zero-order valence-electron chi connectivity index (χ0n) is 6.63. The number of rotatable bonds is 1. The van der Waals surface area contributed by atoms with Crippen LogP contribution in [-0.2, 0) is 7.05 Å². The molecule has 0 spiro atoms. The maximum atomic E-state index is 11.4. The smallest absolute Gasteiger partial charge is 0.255 e. The Morgan fingerprint density at radius 3 is 2.69 bits per heavy atom. The molecule has 0 radical (unpaired) electrons. The van der Waals surface area contributed by atoms with E-state index in [0.717, 1.165) is 16.1 Å². The third kappa shape index (κ3) is 1.25. The lowest BCUT2D eigenvalue weighted by Crippen LogP contribution is -2.24. The van der Waals surface area contributed by atoms with Gasteiger partial charge in [-0.25, -0.2) is 9.78 Å². The Bertz CT molecular complexity index is 519. The Kier molecular flexibility index (Phi) is 1.89. The third-order valence-electron chi connectivity index (χ3n) is 1.50. The first-order valence-corrected chi connectivity index (χ1v) is 5.04. The summed E-state index contributed by atoms with van der Waals surface area (Å²) in [6.45, 7) is 0. The normalized spacial score (nSPS) is 10.5. The predicted molar refractivity (Wildman–Crippen MR) is 50.8 cm³/mol. The highest BCUT2D eigenvalue weighted by atomic mass is 32.1. The summed E-state index contributed by atoms with van der Waals surface area (Å²) >= 11 is 2.18. The highest BCUT2D eigenvalue weighted by Gasteiger charge is 2.09. The third-order valence-corrected chi connectivity index (χ3v) is 3.31. The molecule has 0 amide bonds. The lowest BCUT2D eigenvalue weighted by atomic mass is 11.0. The molecule has 2 aromatic rings. The fourth-order valence-corrected chi connectivity index (χ4v) is 2.29. The van der Waals surface area contributed by atoms with Crippen LogP contribution in [0.2, 0.25) is 0 Å². The highest BCUT2D eigenvalue weighted by Crippen LogP contribution is 2.08. The van der Waals surface area contributed by atoms with Gasteiger partial charge in [-0.05, 0) is 0 Å². The number of nitrogens with zero attached hydrogens (tertiary/aromatic N) is 3. The van der Waals surface area contributed by atoms with Crippen LogP contribution in [0.3, 0.4) is 0 Å². The zero-order chi connectivity index (χ0) is 9.42. The fourth-order valence-electron chi connectivity index (χ4n) is 0.830. The van der Waals surface area contributed by atoms with E-state index in [4.69, 9.17) is 0 Å². The van der Waals surface area contributed by atoms with Crippen LogP contribution in [0, 0.1) is 0 Å². The average molecular weight is 215 g/mol. The molecule has 0 aliphatic carbocycles. The van der Waals surface area contributed by atoms with Crippen molar-refractivity contribution in [3.63, 3.8) is 0 Å². The molecule has 0 aromatic carbocycles. The molecule has 13 heavy (non-hydrogen) atoms. The lowest BCUT2D eigenvalue weighted by Gasteiger charge is -1.88. The van der Waals surface area contributed by atoms with Gasteiger partial charge in [0.25, 0.3) is 0 Å². The molecule has 2 aromatic heterocycles. The topological polar surface area (TPSA) is 56.9 Å². The first kappa shape index (κ1) is 8.39. The Hall–Kier alpha value is -1.21. The summed E-state index contributed by atoms with van der Waals surface area (Å²) in [4.78, 5) is 26.1. The van der Waals surface area contributed by atoms with Gasteiger partial charge in [-0.1, -0.05) is 0 Å². The molecule has 0 unspecified atom stereocenters. The van der Waals surface area contributed by atoms with E-state index in [1.54, 1.807) is 11.6 Å². The van der Waals surface area contributed by atoms with Crippen molar-refractivity contribution in [3.8, 4) is 5.13 Å². The van der Waals surface area contributed by atoms with Gasteiger partial charge in [-0.2, -0.15) is 3.96 Å². The van der Waals surface area contributed by atoms with Crippen molar-refractivity contribution >= 4 is 22.9 Å². The summed E-state index contributed by atoms with van der Waals surface area (Å²) < 4.78 is 2.35. The predicted octanol–water partition coefficient (Wildman–Crippen LogP) is 0.0542. The summed E-state index contributed by atoms with van der Waals surface area (Å²) in [7, 11) is 1.45. The number of aromatic nitrogens is 3. The molecule has 0 aliphatic heterocycles. The second-order valence-electron chi connectivity index (χ2n) is 2.31. The van der Waals surface area contributed by atoms with E-state index in [1.807, 2.05) is 0 Å². The van der Waals surface area contributed by atoms with E-state index in [9.17, 15) is 9.59 Å². The van der Waals surface area contributed by atoms with Crippen LogP contribution in [0.4, 0.5) is 0 Å². The van der Waals surface area contributed by atoms with Crippen LogP contribution in [0.15, 0.2) is 21.2 Å². The van der Waals surface area contributed by atoms with Crippen molar-refractivity contribution in [1.29, 1.82) is 0 Å². The zero-order valence-corrected chi connectivity index (χ0v) is 8.26. The van der Waals surface area contributed by atoms with Gasteiger partial charge < -0.3 is 0 Å². The van der Waals surface area contributed by atoms with Crippen LogP contribution in [0.1, 0.15) is 0 Å². The van der Waals surface area contributed by atoms with E-state index in [2.05, 4.69) is 4.98 Å². The van der Waals surface area contributed by atoms with Crippen LogP contribution < -0.4 is 10.6 Å². The second-order valence-corrected chi connectivity index (χ2v) is 4.08. The summed E-state index contributed by atoms with van der Waals surface area (Å²) in [5, 5.41) is 2.29. The molecule has 0 N–H and O–H groups in total. The molecule has 5 nitrogen and oxygen atoms in total. The molecule has 7 heteroatoms. The summed E-state index contributed by atoms with van der Waals surface area (Å²) in [6, 6.07) is 0. The Labute approximate surface area is 80.7 Å². The molecule has 2 rings (SSSR count). The highest BCUT2D eigenvalue weighted by molar-refractivity contribution is 7.14. The van der Waals surface area contributed by atoms with Crippen molar-refractivity contribution in [2.45, 2.75) is 0 Å². The van der Waals surface area contributed by atoms with Crippen LogP contribution >= 0.6 is 22.9 Å². The van der Waals surface area contributed by atoms with Crippen LogP contribution in [0.25, 0.3) is 5.13 Å². The molecule has 0 atom stereocenters. The first-order valence-electron chi connectivity index (χ1n) is 3.39. The Morgan fingerprint density at radius 2 is 2.23 bits per heavy atom. The van der Waals surface area contributed by atoms with Crippen molar-refractivity contribution in [1.82, 2.24) is 13.5 Å². The van der Waals surface area contributed by atoms with Crippen molar-refractivity contribution in [2.24, 2.45) is 7.05 Å². The standard InChI is InChI=1S/C6H5N3O2S2/c1-8-5(10)9(13-6(8)11)4-7-2-3-12-4/h2-3H,1H3. The molecule has 0 saturated carbocycles. The molecular formula is C6H5N3O2S2.